The largest absolute Gasteiger partial charge is 0.465 e. The Balaban J connectivity index is 1.37. The molecule has 0 radical (unpaired) electrons. The topological polar surface area (TPSA) is 115 Å². The van der Waals surface area contributed by atoms with Crippen LogP contribution in [0.25, 0.3) is 5.65 Å². The molecule has 2 aliphatic rings. The normalized spacial score (nSPS) is 20.3. The second-order valence-electron chi connectivity index (χ2n) is 8.79. The van der Waals surface area contributed by atoms with Gasteiger partial charge in [0, 0.05) is 31.2 Å². The van der Waals surface area contributed by atoms with Crippen LogP contribution >= 0.6 is 0 Å². The van der Waals surface area contributed by atoms with Gasteiger partial charge in [-0.15, -0.1) is 5.10 Å². The molecule has 2 fully saturated rings. The number of aromatic nitrogens is 3. The molecule has 0 bridgehead atoms. The van der Waals surface area contributed by atoms with Crippen LogP contribution < -0.4 is 15.5 Å². The summed E-state index contributed by atoms with van der Waals surface area (Å²) in [6.07, 6.45) is 3.19. The molecule has 3 N–H and O–H groups in total. The lowest BCUT2D eigenvalue weighted by Gasteiger charge is -2.32. The fourth-order valence-electron chi connectivity index (χ4n) is 4.88. The molecule has 0 aliphatic carbocycles. The van der Waals surface area contributed by atoms with Crippen molar-refractivity contribution in [1.82, 2.24) is 24.8 Å². The maximum absolute atomic E-state index is 14.5. The highest BCUT2D eigenvalue weighted by atomic mass is 19.1. The summed E-state index contributed by atoms with van der Waals surface area (Å²) in [6, 6.07) is 5.93. The number of amides is 3. The fraction of sp³-hybridized carbons (Fsp3) is 0.391. The van der Waals surface area contributed by atoms with Crippen molar-refractivity contribution in [3.8, 4) is 0 Å². The van der Waals surface area contributed by atoms with Gasteiger partial charge in [0.05, 0.1) is 12.2 Å². The van der Waals surface area contributed by atoms with E-state index in [1.165, 1.54) is 16.8 Å². The summed E-state index contributed by atoms with van der Waals surface area (Å²) >= 11 is 0. The highest BCUT2D eigenvalue weighted by Gasteiger charge is 2.30. The molecular formula is C23H25F2N7O3. The van der Waals surface area contributed by atoms with E-state index in [9.17, 15) is 18.4 Å². The maximum Gasteiger partial charge on any atom is 0.404 e. The standard InChI is InChI=1S/C23H25F2N7O3/c24-14-5-6-17(25)16(11-14)18-4-2-10-31(18)20-8-7-19-26-12-21(32(19)29-20)28-22(33)30-9-1-3-15(13-30)27-23(34)35/h5-8,11-12,15,18,27H,1-4,9-10,13H2,(H,28,33)(H,34,35). The van der Waals surface area contributed by atoms with Crippen molar-refractivity contribution in [2.75, 3.05) is 29.9 Å². The smallest absolute Gasteiger partial charge is 0.404 e. The van der Waals surface area contributed by atoms with E-state index in [0.29, 0.717) is 49.6 Å². The number of nitrogens with zero attached hydrogens (tertiary/aromatic N) is 5. The quantitative estimate of drug-likeness (QED) is 0.520. The molecule has 2 unspecified atom stereocenters. The molecule has 1 aromatic carbocycles. The zero-order valence-electron chi connectivity index (χ0n) is 18.8. The molecule has 2 saturated heterocycles. The molecule has 2 aromatic heterocycles. The van der Waals surface area contributed by atoms with E-state index in [4.69, 9.17) is 5.11 Å². The summed E-state index contributed by atoms with van der Waals surface area (Å²) in [5, 5.41) is 18.8. The minimum absolute atomic E-state index is 0.266. The highest BCUT2D eigenvalue weighted by molar-refractivity contribution is 5.89. The lowest BCUT2D eigenvalue weighted by Crippen LogP contribution is -2.50. The van der Waals surface area contributed by atoms with Crippen molar-refractivity contribution in [1.29, 1.82) is 0 Å². The number of piperidine rings is 1. The molecular weight excluding hydrogens is 460 g/mol. The van der Waals surface area contributed by atoms with E-state index in [1.807, 2.05) is 4.90 Å². The number of nitrogens with one attached hydrogen (secondary N) is 2. The highest BCUT2D eigenvalue weighted by Crippen LogP contribution is 2.36. The van der Waals surface area contributed by atoms with Gasteiger partial charge in [0.25, 0.3) is 0 Å². The monoisotopic (exact) mass is 485 g/mol. The number of halogens is 2. The van der Waals surface area contributed by atoms with Gasteiger partial charge in [-0.25, -0.2) is 23.4 Å². The van der Waals surface area contributed by atoms with Crippen LogP contribution in [-0.2, 0) is 0 Å². The molecule has 0 spiro atoms. The third-order valence-corrected chi connectivity index (χ3v) is 6.48. The molecule has 12 heteroatoms. The second kappa shape index (κ2) is 9.35. The van der Waals surface area contributed by atoms with Crippen LogP contribution in [0, 0.1) is 11.6 Å². The van der Waals surface area contributed by atoms with Crippen molar-refractivity contribution in [3.63, 3.8) is 0 Å². The van der Waals surface area contributed by atoms with Crippen molar-refractivity contribution in [2.45, 2.75) is 37.8 Å². The number of anilines is 2. The molecule has 35 heavy (non-hydrogen) atoms. The van der Waals surface area contributed by atoms with Gasteiger partial charge in [-0.3, -0.25) is 5.32 Å². The van der Waals surface area contributed by atoms with Crippen LogP contribution in [0.3, 0.4) is 0 Å². The number of carbonyl (C=O) groups excluding carboxylic acids is 1. The second-order valence-corrected chi connectivity index (χ2v) is 8.79. The summed E-state index contributed by atoms with van der Waals surface area (Å²) in [4.78, 5) is 31.6. The SMILES string of the molecule is O=C(O)NC1CCCN(C(=O)Nc2cnc3ccc(N4CCCC4c4cc(F)ccc4F)nn23)C1. The summed E-state index contributed by atoms with van der Waals surface area (Å²) < 4.78 is 29.8. The first kappa shape index (κ1) is 22.8. The number of rotatable bonds is 4. The molecule has 184 valence electrons. The Morgan fingerprint density at radius 2 is 1.91 bits per heavy atom. The minimum atomic E-state index is -1.12. The number of fused-ring (bicyclic) bond motifs is 1. The van der Waals surface area contributed by atoms with Crippen molar-refractivity contribution in [2.24, 2.45) is 0 Å². The van der Waals surface area contributed by atoms with E-state index in [2.05, 4.69) is 20.7 Å². The summed E-state index contributed by atoms with van der Waals surface area (Å²) in [5.41, 5.74) is 0.805. The van der Waals surface area contributed by atoms with Crippen molar-refractivity contribution in [3.05, 3.63) is 53.7 Å². The third-order valence-electron chi connectivity index (χ3n) is 6.48. The Kier molecular flexibility index (Phi) is 6.10. The number of hydrogen-bond acceptors (Lipinski definition) is 5. The number of carboxylic acid groups (broad SMARTS) is 1. The Bertz CT molecular complexity index is 1270. The van der Waals surface area contributed by atoms with E-state index in [0.717, 1.165) is 18.6 Å². The molecule has 10 nitrogen and oxygen atoms in total. The van der Waals surface area contributed by atoms with Gasteiger partial charge in [-0.1, -0.05) is 0 Å². The van der Waals surface area contributed by atoms with Gasteiger partial charge in [0.1, 0.15) is 17.5 Å². The van der Waals surface area contributed by atoms with Gasteiger partial charge in [-0.05, 0) is 56.0 Å². The summed E-state index contributed by atoms with van der Waals surface area (Å²) in [7, 11) is 0. The number of carbonyl (C=O) groups is 2. The number of hydrogen-bond donors (Lipinski definition) is 3. The number of imidazole rings is 1. The molecule has 0 saturated carbocycles. The zero-order valence-corrected chi connectivity index (χ0v) is 18.8. The van der Waals surface area contributed by atoms with E-state index in [-0.39, 0.29) is 30.2 Å². The predicted molar refractivity (Wildman–Crippen MR) is 123 cm³/mol. The number of benzene rings is 1. The van der Waals surface area contributed by atoms with Gasteiger partial charge < -0.3 is 20.2 Å². The Labute approximate surface area is 199 Å². The van der Waals surface area contributed by atoms with Crippen molar-refractivity contribution >= 4 is 29.4 Å². The van der Waals surface area contributed by atoms with Gasteiger partial charge in [0.15, 0.2) is 11.5 Å². The van der Waals surface area contributed by atoms with Gasteiger partial charge in [-0.2, -0.15) is 4.52 Å². The first-order valence-electron chi connectivity index (χ1n) is 11.5. The average Bonchev–Trinajstić information content (AvgIpc) is 3.47. The Morgan fingerprint density at radius 3 is 2.74 bits per heavy atom. The Morgan fingerprint density at radius 1 is 1.09 bits per heavy atom. The predicted octanol–water partition coefficient (Wildman–Crippen LogP) is 3.61. The van der Waals surface area contributed by atoms with Crippen LogP contribution in [-0.4, -0.2) is 62.4 Å². The summed E-state index contributed by atoms with van der Waals surface area (Å²) in [5.74, 6) is -0.0410. The van der Waals surface area contributed by atoms with Crippen LogP contribution in [0.5, 0.6) is 0 Å². The van der Waals surface area contributed by atoms with E-state index >= 15 is 0 Å². The first-order chi connectivity index (χ1) is 16.9. The van der Waals surface area contributed by atoms with Crippen molar-refractivity contribution < 1.29 is 23.5 Å². The van der Waals surface area contributed by atoms with Crippen LogP contribution in [0.15, 0.2) is 36.5 Å². The lowest BCUT2D eigenvalue weighted by molar-refractivity contribution is 0.166. The first-order valence-corrected chi connectivity index (χ1v) is 11.5. The molecule has 3 aromatic rings. The minimum Gasteiger partial charge on any atom is -0.465 e. The zero-order chi connectivity index (χ0) is 24.5. The van der Waals surface area contributed by atoms with Gasteiger partial charge >= 0.3 is 12.1 Å². The van der Waals surface area contributed by atoms with E-state index < -0.39 is 17.7 Å². The van der Waals surface area contributed by atoms with Gasteiger partial charge in [0.2, 0.25) is 0 Å². The van der Waals surface area contributed by atoms with Crippen LogP contribution in [0.2, 0.25) is 0 Å². The van der Waals surface area contributed by atoms with Crippen LogP contribution in [0.4, 0.5) is 30.0 Å². The molecule has 2 atom stereocenters. The van der Waals surface area contributed by atoms with Crippen LogP contribution in [0.1, 0.15) is 37.3 Å². The fourth-order valence-corrected chi connectivity index (χ4v) is 4.88. The molecule has 3 amide bonds. The number of urea groups is 1. The molecule has 5 rings (SSSR count). The van der Waals surface area contributed by atoms with E-state index in [1.54, 1.807) is 17.0 Å². The molecule has 4 heterocycles. The summed E-state index contributed by atoms with van der Waals surface area (Å²) in [6.45, 7) is 1.40. The average molecular weight is 485 g/mol. The third kappa shape index (κ3) is 4.68. The number of likely N-dealkylation sites (tertiary alicyclic amines) is 1. The Hall–Kier alpha value is -3.96. The molecule has 2 aliphatic heterocycles. The maximum atomic E-state index is 14.5. The lowest BCUT2D eigenvalue weighted by atomic mass is 10.0.